The first-order chi connectivity index (χ1) is 10.4. The highest BCUT2D eigenvalue weighted by molar-refractivity contribution is 5.76. The standard InChI is InChI=1S/C14H17NO7/c15-7-6-14(4-2-1-3-5-14)22-13(20)11-9(17)8(16)10(18)12(19)21-11/h1-4,8-12,16-19H,5-6H2/t8-,9-,10+,11-,12+,14?/m0/s1. The highest BCUT2D eigenvalue weighted by atomic mass is 16.7. The number of nitriles is 1. The van der Waals surface area contributed by atoms with Crippen LogP contribution in [0, 0.1) is 11.3 Å². The molecule has 0 spiro atoms. The van der Waals surface area contributed by atoms with Gasteiger partial charge in [0, 0.05) is 6.42 Å². The van der Waals surface area contributed by atoms with E-state index in [0.717, 1.165) is 0 Å². The molecular formula is C14H17NO7. The summed E-state index contributed by atoms with van der Waals surface area (Å²) in [5, 5.41) is 47.1. The largest absolute Gasteiger partial charge is 0.451 e. The Balaban J connectivity index is 2.12. The summed E-state index contributed by atoms with van der Waals surface area (Å²) in [5.74, 6) is -1.03. The van der Waals surface area contributed by atoms with Gasteiger partial charge < -0.3 is 29.9 Å². The van der Waals surface area contributed by atoms with Gasteiger partial charge in [-0.3, -0.25) is 0 Å². The molecule has 0 saturated carbocycles. The molecule has 22 heavy (non-hydrogen) atoms. The van der Waals surface area contributed by atoms with Crippen LogP contribution in [0.15, 0.2) is 24.3 Å². The Hall–Kier alpha value is -1.76. The summed E-state index contributed by atoms with van der Waals surface area (Å²) in [6.45, 7) is 0. The zero-order valence-electron chi connectivity index (χ0n) is 11.6. The summed E-state index contributed by atoms with van der Waals surface area (Å²) >= 11 is 0. The third-order valence-corrected chi connectivity index (χ3v) is 3.61. The van der Waals surface area contributed by atoms with Crippen LogP contribution in [0.3, 0.4) is 0 Å². The van der Waals surface area contributed by atoms with Crippen molar-refractivity contribution in [1.29, 1.82) is 5.26 Å². The highest BCUT2D eigenvalue weighted by Crippen LogP contribution is 2.29. The Kier molecular flexibility index (Phi) is 4.95. The maximum absolute atomic E-state index is 12.2. The number of aliphatic hydroxyl groups excluding tert-OH is 4. The van der Waals surface area contributed by atoms with Crippen LogP contribution < -0.4 is 0 Å². The predicted octanol–water partition coefficient (Wildman–Crippen LogP) is -1.50. The molecule has 0 aromatic carbocycles. The summed E-state index contributed by atoms with van der Waals surface area (Å²) in [6.07, 6.45) is -1.93. The van der Waals surface area contributed by atoms with Gasteiger partial charge in [0.05, 0.1) is 12.5 Å². The SMILES string of the molecule is N#CCC1(OC(=O)[C@H]2O[C@@H](O)[C@H](O)[C@@H](O)[C@@H]2O)C=CC=CC1. The lowest BCUT2D eigenvalue weighted by atomic mass is 9.91. The van der Waals surface area contributed by atoms with Gasteiger partial charge in [-0.05, 0) is 6.08 Å². The molecular weight excluding hydrogens is 294 g/mol. The van der Waals surface area contributed by atoms with Crippen LogP contribution in [0.5, 0.6) is 0 Å². The second kappa shape index (κ2) is 6.56. The maximum atomic E-state index is 12.2. The van der Waals surface area contributed by atoms with E-state index < -0.39 is 42.3 Å². The van der Waals surface area contributed by atoms with Gasteiger partial charge in [-0.25, -0.2) is 4.79 Å². The second-order valence-corrected chi connectivity index (χ2v) is 5.23. The van der Waals surface area contributed by atoms with Gasteiger partial charge in [0.25, 0.3) is 0 Å². The van der Waals surface area contributed by atoms with Crippen molar-refractivity contribution in [3.8, 4) is 6.07 Å². The number of hydrogen-bond acceptors (Lipinski definition) is 8. The topological polar surface area (TPSA) is 140 Å². The van der Waals surface area contributed by atoms with Crippen LogP contribution in [0.4, 0.5) is 0 Å². The third-order valence-electron chi connectivity index (χ3n) is 3.61. The van der Waals surface area contributed by atoms with E-state index in [4.69, 9.17) is 14.7 Å². The molecule has 0 aromatic rings. The number of esters is 1. The van der Waals surface area contributed by atoms with Gasteiger partial charge in [0.15, 0.2) is 12.4 Å². The Morgan fingerprint density at radius 3 is 2.59 bits per heavy atom. The quantitative estimate of drug-likeness (QED) is 0.461. The number of allylic oxidation sites excluding steroid dienone is 2. The fourth-order valence-corrected chi connectivity index (χ4v) is 2.34. The zero-order chi connectivity index (χ0) is 16.3. The van der Waals surface area contributed by atoms with Crippen molar-refractivity contribution < 1.29 is 34.7 Å². The van der Waals surface area contributed by atoms with E-state index in [1.165, 1.54) is 0 Å². The molecule has 1 aliphatic heterocycles. The Labute approximate surface area is 126 Å². The van der Waals surface area contributed by atoms with E-state index in [1.54, 1.807) is 24.3 Å². The van der Waals surface area contributed by atoms with Crippen molar-refractivity contribution in [1.82, 2.24) is 0 Å². The molecule has 0 bridgehead atoms. The van der Waals surface area contributed by atoms with Crippen LogP contribution in [-0.2, 0) is 14.3 Å². The zero-order valence-corrected chi connectivity index (χ0v) is 11.6. The van der Waals surface area contributed by atoms with Gasteiger partial charge in [-0.1, -0.05) is 18.2 Å². The van der Waals surface area contributed by atoms with Crippen molar-refractivity contribution in [2.24, 2.45) is 0 Å². The van der Waals surface area contributed by atoms with Crippen LogP contribution >= 0.6 is 0 Å². The monoisotopic (exact) mass is 311 g/mol. The summed E-state index contributed by atoms with van der Waals surface area (Å²) in [5.41, 5.74) is -1.18. The summed E-state index contributed by atoms with van der Waals surface area (Å²) < 4.78 is 10.1. The van der Waals surface area contributed by atoms with Gasteiger partial charge in [-0.2, -0.15) is 5.26 Å². The summed E-state index contributed by atoms with van der Waals surface area (Å²) in [4.78, 5) is 12.2. The van der Waals surface area contributed by atoms with Gasteiger partial charge in [0.1, 0.15) is 23.9 Å². The van der Waals surface area contributed by atoms with E-state index in [-0.39, 0.29) is 12.8 Å². The van der Waals surface area contributed by atoms with Crippen LogP contribution in [-0.4, -0.2) is 62.7 Å². The molecule has 0 radical (unpaired) electrons. The van der Waals surface area contributed by atoms with Crippen molar-refractivity contribution in [2.75, 3.05) is 0 Å². The van der Waals surface area contributed by atoms with Crippen molar-refractivity contribution >= 4 is 5.97 Å². The molecule has 2 aliphatic rings. The molecule has 1 saturated heterocycles. The molecule has 8 nitrogen and oxygen atoms in total. The Morgan fingerprint density at radius 1 is 1.27 bits per heavy atom. The molecule has 0 amide bonds. The van der Waals surface area contributed by atoms with E-state index in [1.807, 2.05) is 6.07 Å². The van der Waals surface area contributed by atoms with Crippen molar-refractivity contribution in [3.63, 3.8) is 0 Å². The van der Waals surface area contributed by atoms with E-state index >= 15 is 0 Å². The smallest absolute Gasteiger partial charge is 0.339 e. The molecule has 120 valence electrons. The average Bonchev–Trinajstić information content (AvgIpc) is 2.49. The first-order valence-corrected chi connectivity index (χ1v) is 6.72. The van der Waals surface area contributed by atoms with Gasteiger partial charge >= 0.3 is 5.97 Å². The number of hydrogen-bond donors (Lipinski definition) is 4. The van der Waals surface area contributed by atoms with E-state index in [2.05, 4.69) is 0 Å². The summed E-state index contributed by atoms with van der Waals surface area (Å²) in [7, 11) is 0. The van der Waals surface area contributed by atoms with Crippen LogP contribution in [0.25, 0.3) is 0 Å². The number of nitrogens with zero attached hydrogens (tertiary/aromatic N) is 1. The van der Waals surface area contributed by atoms with E-state index in [9.17, 15) is 25.2 Å². The fourth-order valence-electron chi connectivity index (χ4n) is 2.34. The molecule has 2 rings (SSSR count). The number of ether oxygens (including phenoxy) is 2. The summed E-state index contributed by atoms with van der Waals surface area (Å²) in [6, 6.07) is 1.92. The van der Waals surface area contributed by atoms with Crippen molar-refractivity contribution in [3.05, 3.63) is 24.3 Å². The predicted molar refractivity (Wildman–Crippen MR) is 70.9 cm³/mol. The first kappa shape index (κ1) is 16.6. The van der Waals surface area contributed by atoms with Crippen molar-refractivity contribution in [2.45, 2.75) is 49.1 Å². The number of aliphatic hydroxyl groups is 4. The Morgan fingerprint density at radius 2 is 2.00 bits per heavy atom. The van der Waals surface area contributed by atoms with Gasteiger partial charge in [-0.15, -0.1) is 0 Å². The lowest BCUT2D eigenvalue weighted by molar-refractivity contribution is -0.283. The first-order valence-electron chi connectivity index (χ1n) is 6.72. The number of carbonyl (C=O) groups excluding carboxylic acids is 1. The Bertz CT molecular complexity index is 526. The molecule has 1 unspecified atom stereocenters. The molecule has 0 aromatic heterocycles. The molecule has 6 atom stereocenters. The molecule has 8 heteroatoms. The van der Waals surface area contributed by atoms with E-state index in [0.29, 0.717) is 0 Å². The second-order valence-electron chi connectivity index (χ2n) is 5.23. The minimum atomic E-state index is -1.83. The normalized spacial score (nSPS) is 41.0. The molecule has 1 fully saturated rings. The van der Waals surface area contributed by atoms with Crippen LogP contribution in [0.1, 0.15) is 12.8 Å². The lowest BCUT2D eigenvalue weighted by Gasteiger charge is -2.38. The maximum Gasteiger partial charge on any atom is 0.339 e. The fraction of sp³-hybridized carbons (Fsp3) is 0.571. The molecule has 1 heterocycles. The lowest BCUT2D eigenvalue weighted by Crippen LogP contribution is -2.60. The average molecular weight is 311 g/mol. The third kappa shape index (κ3) is 3.19. The minimum absolute atomic E-state index is 0.101. The molecule has 4 N–H and O–H groups in total. The number of carbonyl (C=O) groups is 1. The van der Waals surface area contributed by atoms with Crippen LogP contribution in [0.2, 0.25) is 0 Å². The molecule has 1 aliphatic carbocycles. The highest BCUT2D eigenvalue weighted by Gasteiger charge is 2.48. The minimum Gasteiger partial charge on any atom is -0.451 e. The number of rotatable bonds is 3. The van der Waals surface area contributed by atoms with Gasteiger partial charge in [0.2, 0.25) is 0 Å².